The van der Waals surface area contributed by atoms with E-state index in [4.69, 9.17) is 14.1 Å². The molecule has 9 heteroatoms. The van der Waals surface area contributed by atoms with Crippen molar-refractivity contribution in [1.82, 2.24) is 19.2 Å². The van der Waals surface area contributed by atoms with Crippen LogP contribution >= 0.6 is 0 Å². The maximum Gasteiger partial charge on any atom is 0.243 e. The third-order valence-electron chi connectivity index (χ3n) is 6.15. The highest BCUT2D eigenvalue weighted by atomic mass is 32.2. The Labute approximate surface area is 199 Å². The Morgan fingerprint density at radius 3 is 2.56 bits per heavy atom. The first-order valence-electron chi connectivity index (χ1n) is 11.5. The first-order valence-corrected chi connectivity index (χ1v) is 12.9. The van der Waals surface area contributed by atoms with Crippen LogP contribution in [0.25, 0.3) is 11.0 Å². The number of ether oxygens (including phenoxy) is 1. The van der Waals surface area contributed by atoms with E-state index in [0.29, 0.717) is 38.4 Å². The minimum atomic E-state index is -3.58. The Morgan fingerprint density at radius 2 is 1.85 bits per heavy atom. The summed E-state index contributed by atoms with van der Waals surface area (Å²) in [7, 11) is -3.58. The molecule has 8 nitrogen and oxygen atoms in total. The second kappa shape index (κ2) is 9.71. The van der Waals surface area contributed by atoms with Crippen LogP contribution in [0.3, 0.4) is 0 Å². The van der Waals surface area contributed by atoms with E-state index in [9.17, 15) is 8.42 Å². The van der Waals surface area contributed by atoms with Gasteiger partial charge >= 0.3 is 0 Å². The Hall–Kier alpha value is -2.98. The van der Waals surface area contributed by atoms with Crippen molar-refractivity contribution >= 4 is 21.1 Å². The lowest BCUT2D eigenvalue weighted by Crippen LogP contribution is -2.40. The molecule has 0 spiro atoms. The van der Waals surface area contributed by atoms with Crippen LogP contribution in [0.1, 0.15) is 30.1 Å². The number of aromatic nitrogens is 2. The average molecular weight is 481 g/mol. The molecule has 0 unspecified atom stereocenters. The molecule has 1 aliphatic rings. The number of sulfonamides is 1. The number of morpholine rings is 1. The number of fused-ring (bicyclic) bond motifs is 1. The molecule has 4 aromatic rings. The summed E-state index contributed by atoms with van der Waals surface area (Å²) in [5.41, 5.74) is 2.67. The maximum absolute atomic E-state index is 13.1. The standard InChI is InChI=1S/C25H28N4O4S/c1-2-29-22-11-10-20(34(30,31)28-12-15-32-16-13-28)17-21(22)27-24(29)18-26-25(23-9-6-14-33-23)19-7-4-3-5-8-19/h3-11,14,17,25-26H,2,12-13,15-16,18H2,1H3/t25-/m0/s1. The molecule has 5 rings (SSSR count). The van der Waals surface area contributed by atoms with E-state index in [1.807, 2.05) is 36.4 Å². The second-order valence-corrected chi connectivity index (χ2v) is 10.1. The molecule has 2 aromatic heterocycles. The van der Waals surface area contributed by atoms with Crippen molar-refractivity contribution in [3.05, 3.63) is 84.1 Å². The van der Waals surface area contributed by atoms with Crippen LogP contribution in [0.5, 0.6) is 0 Å². The molecule has 2 aromatic carbocycles. The van der Waals surface area contributed by atoms with Gasteiger partial charge in [0, 0.05) is 19.6 Å². The van der Waals surface area contributed by atoms with Crippen LogP contribution in [0.2, 0.25) is 0 Å². The molecule has 1 atom stereocenters. The van der Waals surface area contributed by atoms with E-state index in [1.54, 1.807) is 18.4 Å². The van der Waals surface area contributed by atoms with Crippen molar-refractivity contribution in [2.45, 2.75) is 31.0 Å². The van der Waals surface area contributed by atoms with Crippen molar-refractivity contribution in [2.75, 3.05) is 26.3 Å². The normalized spacial score (nSPS) is 16.1. The molecular formula is C25H28N4O4S. The third-order valence-corrected chi connectivity index (χ3v) is 8.04. The number of nitrogens with one attached hydrogen (secondary N) is 1. The van der Waals surface area contributed by atoms with E-state index >= 15 is 0 Å². The van der Waals surface area contributed by atoms with Gasteiger partial charge in [0.05, 0.1) is 48.0 Å². The van der Waals surface area contributed by atoms with E-state index in [1.165, 1.54) is 4.31 Å². The first-order chi connectivity index (χ1) is 16.6. The van der Waals surface area contributed by atoms with Gasteiger partial charge in [0.1, 0.15) is 11.6 Å². The van der Waals surface area contributed by atoms with Crippen molar-refractivity contribution in [3.63, 3.8) is 0 Å². The van der Waals surface area contributed by atoms with Gasteiger partial charge in [-0.05, 0) is 42.8 Å². The number of hydrogen-bond donors (Lipinski definition) is 1. The molecule has 0 amide bonds. The van der Waals surface area contributed by atoms with E-state index in [0.717, 1.165) is 29.2 Å². The highest BCUT2D eigenvalue weighted by molar-refractivity contribution is 7.89. The summed E-state index contributed by atoms with van der Waals surface area (Å²) in [5, 5.41) is 3.57. The lowest BCUT2D eigenvalue weighted by atomic mass is 10.0. The van der Waals surface area contributed by atoms with Gasteiger partial charge in [-0.3, -0.25) is 5.32 Å². The minimum Gasteiger partial charge on any atom is -0.467 e. The fraction of sp³-hybridized carbons (Fsp3) is 0.320. The maximum atomic E-state index is 13.1. The predicted octanol–water partition coefficient (Wildman–Crippen LogP) is 3.55. The van der Waals surface area contributed by atoms with E-state index in [-0.39, 0.29) is 10.9 Å². The van der Waals surface area contributed by atoms with Crippen LogP contribution in [0.4, 0.5) is 0 Å². The molecule has 3 heterocycles. The summed E-state index contributed by atoms with van der Waals surface area (Å²) in [5.74, 6) is 1.66. The highest BCUT2D eigenvalue weighted by Gasteiger charge is 2.27. The molecule has 34 heavy (non-hydrogen) atoms. The molecule has 0 saturated carbocycles. The van der Waals surface area contributed by atoms with Crippen molar-refractivity contribution in [1.29, 1.82) is 0 Å². The summed E-state index contributed by atoms with van der Waals surface area (Å²) in [6, 6.07) is 19.0. The lowest BCUT2D eigenvalue weighted by molar-refractivity contribution is 0.0730. The zero-order chi connectivity index (χ0) is 23.5. The van der Waals surface area contributed by atoms with Gasteiger partial charge in [0.2, 0.25) is 10.0 Å². The monoisotopic (exact) mass is 480 g/mol. The Balaban J connectivity index is 1.44. The zero-order valence-corrected chi connectivity index (χ0v) is 19.9. The molecule has 178 valence electrons. The highest BCUT2D eigenvalue weighted by Crippen LogP contribution is 2.26. The SMILES string of the molecule is CCn1c(CN[C@@H](c2ccccc2)c2ccco2)nc2cc(S(=O)(=O)N3CCOCC3)ccc21. The van der Waals surface area contributed by atoms with Gasteiger partial charge in [0.15, 0.2) is 0 Å². The van der Waals surface area contributed by atoms with Crippen molar-refractivity contribution < 1.29 is 17.6 Å². The van der Waals surface area contributed by atoms with Crippen molar-refractivity contribution in [2.24, 2.45) is 0 Å². The topological polar surface area (TPSA) is 89.6 Å². The van der Waals surface area contributed by atoms with E-state index in [2.05, 4.69) is 28.9 Å². The third kappa shape index (κ3) is 4.39. The van der Waals surface area contributed by atoms with E-state index < -0.39 is 10.0 Å². The smallest absolute Gasteiger partial charge is 0.243 e. The molecule has 1 fully saturated rings. The molecule has 1 saturated heterocycles. The van der Waals surface area contributed by atoms with Gasteiger partial charge in [-0.25, -0.2) is 13.4 Å². The fourth-order valence-electron chi connectivity index (χ4n) is 4.42. The van der Waals surface area contributed by atoms with Gasteiger partial charge in [-0.15, -0.1) is 0 Å². The first kappa shape index (κ1) is 22.8. The summed E-state index contributed by atoms with van der Waals surface area (Å²) in [4.78, 5) is 5.08. The van der Waals surface area contributed by atoms with Crippen LogP contribution in [0.15, 0.2) is 76.2 Å². The summed E-state index contributed by atoms with van der Waals surface area (Å²) in [6.07, 6.45) is 1.67. The molecular weight excluding hydrogens is 452 g/mol. The average Bonchev–Trinajstić information content (AvgIpc) is 3.53. The number of imidazole rings is 1. The van der Waals surface area contributed by atoms with Gasteiger partial charge in [-0.1, -0.05) is 30.3 Å². The van der Waals surface area contributed by atoms with Crippen LogP contribution in [-0.2, 0) is 27.8 Å². The minimum absolute atomic E-state index is 0.126. The number of rotatable bonds is 8. The number of furan rings is 1. The molecule has 1 aliphatic heterocycles. The number of benzene rings is 2. The number of aryl methyl sites for hydroxylation is 1. The molecule has 0 bridgehead atoms. The summed E-state index contributed by atoms with van der Waals surface area (Å²) < 4.78 is 40.8. The number of hydrogen-bond acceptors (Lipinski definition) is 6. The molecule has 1 N–H and O–H groups in total. The van der Waals surface area contributed by atoms with Crippen molar-refractivity contribution in [3.8, 4) is 0 Å². The molecule has 0 aliphatic carbocycles. The van der Waals surface area contributed by atoms with Crippen LogP contribution < -0.4 is 5.32 Å². The Kier molecular flexibility index (Phi) is 6.51. The largest absolute Gasteiger partial charge is 0.467 e. The number of nitrogens with zero attached hydrogens (tertiary/aromatic N) is 3. The van der Waals surface area contributed by atoms with Gasteiger partial charge < -0.3 is 13.7 Å². The van der Waals surface area contributed by atoms with Gasteiger partial charge in [0.25, 0.3) is 0 Å². The molecule has 0 radical (unpaired) electrons. The van der Waals surface area contributed by atoms with Crippen LogP contribution in [-0.4, -0.2) is 48.6 Å². The summed E-state index contributed by atoms with van der Waals surface area (Å²) >= 11 is 0. The fourth-order valence-corrected chi connectivity index (χ4v) is 5.85. The summed E-state index contributed by atoms with van der Waals surface area (Å²) in [6.45, 7) is 4.84. The Bertz CT molecular complexity index is 1340. The lowest BCUT2D eigenvalue weighted by Gasteiger charge is -2.26. The second-order valence-electron chi connectivity index (χ2n) is 8.18. The zero-order valence-electron chi connectivity index (χ0n) is 19.1. The Morgan fingerprint density at radius 1 is 1.06 bits per heavy atom. The van der Waals surface area contributed by atoms with Crippen LogP contribution in [0, 0.1) is 0 Å². The quantitative estimate of drug-likeness (QED) is 0.415. The van der Waals surface area contributed by atoms with Gasteiger partial charge in [-0.2, -0.15) is 4.31 Å². The predicted molar refractivity (Wildman–Crippen MR) is 129 cm³/mol.